The summed E-state index contributed by atoms with van der Waals surface area (Å²) in [5.41, 5.74) is 0.332. The Morgan fingerprint density at radius 2 is 2.29 bits per heavy atom. The summed E-state index contributed by atoms with van der Waals surface area (Å²) in [4.78, 5) is 13.1. The van der Waals surface area contributed by atoms with E-state index in [9.17, 15) is 8.42 Å². The van der Waals surface area contributed by atoms with Crippen LogP contribution in [0.3, 0.4) is 0 Å². The van der Waals surface area contributed by atoms with Crippen LogP contribution in [0.25, 0.3) is 0 Å². The lowest BCUT2D eigenvalue weighted by molar-refractivity contribution is 0.134. The van der Waals surface area contributed by atoms with Gasteiger partial charge in [-0.05, 0) is 25.7 Å². The van der Waals surface area contributed by atoms with Crippen molar-refractivity contribution >= 4 is 15.5 Å². The van der Waals surface area contributed by atoms with Crippen LogP contribution in [0, 0.1) is 24.2 Å². The van der Waals surface area contributed by atoms with E-state index >= 15 is 0 Å². The minimum atomic E-state index is -3.50. The zero-order chi connectivity index (χ0) is 15.5. The molecule has 1 heterocycles. The van der Waals surface area contributed by atoms with E-state index in [2.05, 4.69) is 15.1 Å². The highest BCUT2D eigenvalue weighted by molar-refractivity contribution is 7.91. The van der Waals surface area contributed by atoms with Crippen LogP contribution in [-0.2, 0) is 14.7 Å². The first-order valence-corrected chi connectivity index (χ1v) is 8.30. The summed E-state index contributed by atoms with van der Waals surface area (Å²) < 4.78 is 23.9. The first kappa shape index (κ1) is 15.4. The third-order valence-electron chi connectivity index (χ3n) is 3.10. The molecular formula is C13H16N4O3S. The van der Waals surface area contributed by atoms with E-state index in [1.807, 2.05) is 6.07 Å². The molecule has 0 spiro atoms. The molecule has 0 radical (unpaired) electrons. The van der Waals surface area contributed by atoms with Gasteiger partial charge >= 0.3 is 0 Å². The highest BCUT2D eigenvalue weighted by Crippen LogP contribution is 2.28. The fourth-order valence-corrected chi connectivity index (χ4v) is 2.61. The monoisotopic (exact) mass is 308 g/mol. The Hall–Kier alpha value is -2.01. The van der Waals surface area contributed by atoms with E-state index in [0.29, 0.717) is 18.2 Å². The zero-order valence-electron chi connectivity index (χ0n) is 11.9. The van der Waals surface area contributed by atoms with E-state index < -0.39 is 9.84 Å². The fourth-order valence-electron chi connectivity index (χ4n) is 1.59. The first-order chi connectivity index (χ1) is 9.97. The van der Waals surface area contributed by atoms with Gasteiger partial charge in [0, 0.05) is 0 Å². The van der Waals surface area contributed by atoms with E-state index in [1.165, 1.54) is 13.1 Å². The number of nitriles is 1. The third kappa shape index (κ3) is 3.76. The summed E-state index contributed by atoms with van der Waals surface area (Å²) in [6.07, 6.45) is 3.55. The van der Waals surface area contributed by atoms with Crippen molar-refractivity contribution in [3.63, 3.8) is 0 Å². The summed E-state index contributed by atoms with van der Waals surface area (Å²) >= 11 is 0. The molecule has 0 N–H and O–H groups in total. The molecule has 0 atom stereocenters. The van der Waals surface area contributed by atoms with Gasteiger partial charge in [-0.15, -0.1) is 0 Å². The van der Waals surface area contributed by atoms with Crippen LogP contribution in [0.15, 0.2) is 16.4 Å². The van der Waals surface area contributed by atoms with Crippen molar-refractivity contribution in [1.29, 1.82) is 5.26 Å². The summed E-state index contributed by atoms with van der Waals surface area (Å²) in [5, 5.41) is 12.7. The molecule has 1 fully saturated rings. The van der Waals surface area contributed by atoms with Gasteiger partial charge in [-0.2, -0.15) is 5.26 Å². The number of rotatable bonds is 6. The molecule has 112 valence electrons. The minimum absolute atomic E-state index is 0.0734. The van der Waals surface area contributed by atoms with Gasteiger partial charge in [-0.1, -0.05) is 12.1 Å². The van der Waals surface area contributed by atoms with Gasteiger partial charge in [0.1, 0.15) is 18.4 Å². The van der Waals surface area contributed by atoms with Gasteiger partial charge < -0.3 is 4.84 Å². The van der Waals surface area contributed by atoms with Crippen molar-refractivity contribution in [3.05, 3.63) is 17.6 Å². The highest BCUT2D eigenvalue weighted by Gasteiger charge is 2.23. The Bertz CT molecular complexity index is 703. The molecule has 0 bridgehead atoms. The van der Waals surface area contributed by atoms with Crippen molar-refractivity contribution in [2.45, 2.75) is 31.7 Å². The summed E-state index contributed by atoms with van der Waals surface area (Å²) in [5.74, 6) is 0.428. The molecule has 0 aliphatic heterocycles. The third-order valence-corrected chi connectivity index (χ3v) is 4.83. The van der Waals surface area contributed by atoms with Crippen LogP contribution >= 0.6 is 0 Å². The molecule has 1 aliphatic rings. The Kier molecular flexibility index (Phi) is 4.53. The number of hydrogen-bond acceptors (Lipinski definition) is 7. The van der Waals surface area contributed by atoms with E-state index in [1.54, 1.807) is 6.92 Å². The molecule has 1 aromatic heterocycles. The Labute approximate surface area is 123 Å². The summed E-state index contributed by atoms with van der Waals surface area (Å²) in [6, 6.07) is 1.86. The molecule has 0 unspecified atom stereocenters. The predicted octanol–water partition coefficient (Wildman–Crippen LogP) is 1.23. The Morgan fingerprint density at radius 3 is 2.86 bits per heavy atom. The van der Waals surface area contributed by atoms with Crippen molar-refractivity contribution in [1.82, 2.24) is 9.97 Å². The molecule has 0 amide bonds. The molecule has 0 aromatic carbocycles. The van der Waals surface area contributed by atoms with Crippen LogP contribution in [0.4, 0.5) is 0 Å². The smallest absolute Gasteiger partial charge is 0.206 e. The van der Waals surface area contributed by atoms with Gasteiger partial charge in [-0.3, -0.25) is 4.98 Å². The topological polar surface area (TPSA) is 105 Å². The number of aryl methyl sites for hydroxylation is 1. The standard InChI is InChI=1S/C13H16N4O3S/c1-3-21(18,19)13-9(2)15-7-12(16-13)11(6-14)17-20-8-10-4-5-10/h7,10H,3-5,8H2,1-2H3/b17-11+. The van der Waals surface area contributed by atoms with Gasteiger partial charge in [0.2, 0.25) is 5.71 Å². The molecule has 8 heteroatoms. The average molecular weight is 308 g/mol. The van der Waals surface area contributed by atoms with Crippen LogP contribution in [0.1, 0.15) is 31.2 Å². The van der Waals surface area contributed by atoms with Crippen LogP contribution < -0.4 is 0 Å². The molecule has 1 aliphatic carbocycles. The number of hydrogen-bond donors (Lipinski definition) is 0. The number of oxime groups is 1. The number of sulfone groups is 1. The van der Waals surface area contributed by atoms with Crippen LogP contribution in [0.5, 0.6) is 0 Å². The van der Waals surface area contributed by atoms with Crippen LogP contribution in [-0.4, -0.2) is 36.5 Å². The maximum Gasteiger partial charge on any atom is 0.206 e. The molecule has 2 rings (SSSR count). The molecule has 0 saturated heterocycles. The molecule has 21 heavy (non-hydrogen) atoms. The minimum Gasteiger partial charge on any atom is -0.394 e. The van der Waals surface area contributed by atoms with Gasteiger partial charge in [0.05, 0.1) is 17.6 Å². The Morgan fingerprint density at radius 1 is 1.57 bits per heavy atom. The second-order valence-corrected chi connectivity index (χ2v) is 7.03. The Balaban J connectivity index is 2.29. The number of nitrogens with zero attached hydrogens (tertiary/aromatic N) is 4. The van der Waals surface area contributed by atoms with Crippen molar-refractivity contribution < 1.29 is 13.3 Å². The maximum absolute atomic E-state index is 11.9. The van der Waals surface area contributed by atoms with Crippen molar-refractivity contribution in [3.8, 4) is 6.07 Å². The normalized spacial score (nSPS) is 15.6. The lowest BCUT2D eigenvalue weighted by Gasteiger charge is -2.06. The second-order valence-electron chi connectivity index (χ2n) is 4.84. The predicted molar refractivity (Wildman–Crippen MR) is 75.3 cm³/mol. The van der Waals surface area contributed by atoms with Crippen molar-refractivity contribution in [2.75, 3.05) is 12.4 Å². The van der Waals surface area contributed by atoms with Crippen LogP contribution in [0.2, 0.25) is 0 Å². The van der Waals surface area contributed by atoms with Crippen molar-refractivity contribution in [2.24, 2.45) is 11.1 Å². The average Bonchev–Trinajstić information content (AvgIpc) is 3.28. The quantitative estimate of drug-likeness (QED) is 0.578. The SMILES string of the molecule is CCS(=O)(=O)c1nc(/C(C#N)=N/OCC2CC2)cnc1C. The molecule has 1 saturated carbocycles. The lowest BCUT2D eigenvalue weighted by Crippen LogP contribution is -2.13. The zero-order valence-corrected chi connectivity index (χ0v) is 12.7. The largest absolute Gasteiger partial charge is 0.394 e. The molecule has 1 aromatic rings. The van der Waals surface area contributed by atoms with Gasteiger partial charge in [0.15, 0.2) is 14.9 Å². The lowest BCUT2D eigenvalue weighted by atomic mass is 10.3. The van der Waals surface area contributed by atoms with E-state index in [4.69, 9.17) is 10.1 Å². The van der Waals surface area contributed by atoms with E-state index in [-0.39, 0.29) is 22.2 Å². The highest BCUT2D eigenvalue weighted by atomic mass is 32.2. The van der Waals surface area contributed by atoms with Gasteiger partial charge in [-0.25, -0.2) is 13.4 Å². The number of aromatic nitrogens is 2. The maximum atomic E-state index is 11.9. The van der Waals surface area contributed by atoms with Gasteiger partial charge in [0.25, 0.3) is 0 Å². The molecule has 7 nitrogen and oxygen atoms in total. The summed E-state index contributed by atoms with van der Waals surface area (Å²) in [6.45, 7) is 3.55. The second kappa shape index (κ2) is 6.18. The molecular weight excluding hydrogens is 292 g/mol. The fraction of sp³-hybridized carbons (Fsp3) is 0.538. The summed E-state index contributed by atoms with van der Waals surface area (Å²) in [7, 11) is -3.50. The van der Waals surface area contributed by atoms with E-state index in [0.717, 1.165) is 12.8 Å². The first-order valence-electron chi connectivity index (χ1n) is 6.64.